The van der Waals surface area contributed by atoms with Gasteiger partial charge in [0.25, 0.3) is 0 Å². The molecular formula is C12H22N2O3. The quantitative estimate of drug-likeness (QED) is 0.723. The third kappa shape index (κ3) is 2.97. The van der Waals surface area contributed by atoms with Crippen LogP contribution < -0.4 is 10.6 Å². The molecule has 2 aliphatic heterocycles. The van der Waals surface area contributed by atoms with Gasteiger partial charge in [-0.2, -0.15) is 0 Å². The zero-order valence-corrected chi connectivity index (χ0v) is 10.6. The highest BCUT2D eigenvalue weighted by molar-refractivity contribution is 5.80. The summed E-state index contributed by atoms with van der Waals surface area (Å²) in [5.41, 5.74) is -0.198. The number of amides is 1. The first kappa shape index (κ1) is 12.8. The van der Waals surface area contributed by atoms with Crippen molar-refractivity contribution >= 4 is 5.91 Å². The van der Waals surface area contributed by atoms with E-state index in [2.05, 4.69) is 10.6 Å². The van der Waals surface area contributed by atoms with E-state index in [0.29, 0.717) is 19.8 Å². The van der Waals surface area contributed by atoms with Crippen LogP contribution in [-0.2, 0) is 14.3 Å². The summed E-state index contributed by atoms with van der Waals surface area (Å²) in [6.45, 7) is 7.42. The van der Waals surface area contributed by atoms with E-state index < -0.39 is 0 Å². The van der Waals surface area contributed by atoms with Crippen LogP contribution in [0.2, 0.25) is 0 Å². The van der Waals surface area contributed by atoms with Gasteiger partial charge in [0.1, 0.15) is 0 Å². The van der Waals surface area contributed by atoms with Gasteiger partial charge in [-0.05, 0) is 19.9 Å². The molecule has 0 aromatic carbocycles. The molecule has 0 aromatic heterocycles. The van der Waals surface area contributed by atoms with Gasteiger partial charge in [-0.1, -0.05) is 6.92 Å². The molecule has 0 aromatic rings. The van der Waals surface area contributed by atoms with Crippen LogP contribution in [0.15, 0.2) is 0 Å². The Labute approximate surface area is 102 Å². The minimum Gasteiger partial charge on any atom is -0.379 e. The van der Waals surface area contributed by atoms with Crippen molar-refractivity contribution in [2.45, 2.75) is 31.8 Å². The Hall–Kier alpha value is -0.650. The summed E-state index contributed by atoms with van der Waals surface area (Å²) in [4.78, 5) is 12.2. The molecule has 2 saturated heterocycles. The summed E-state index contributed by atoms with van der Waals surface area (Å²) in [7, 11) is 0. The largest absolute Gasteiger partial charge is 0.379 e. The van der Waals surface area contributed by atoms with Gasteiger partial charge in [0.2, 0.25) is 5.91 Å². The van der Waals surface area contributed by atoms with E-state index in [4.69, 9.17) is 9.47 Å². The van der Waals surface area contributed by atoms with Gasteiger partial charge in [-0.25, -0.2) is 0 Å². The maximum Gasteiger partial charge on any atom is 0.227 e. The van der Waals surface area contributed by atoms with Crippen LogP contribution in [0.25, 0.3) is 0 Å². The number of hydrogen-bond donors (Lipinski definition) is 2. The molecule has 0 spiro atoms. The van der Waals surface area contributed by atoms with E-state index in [9.17, 15) is 4.79 Å². The molecule has 2 aliphatic rings. The van der Waals surface area contributed by atoms with Crippen LogP contribution in [0.3, 0.4) is 0 Å². The van der Waals surface area contributed by atoms with E-state index in [0.717, 1.165) is 19.6 Å². The van der Waals surface area contributed by atoms with E-state index >= 15 is 0 Å². The number of carbonyl (C=O) groups is 1. The van der Waals surface area contributed by atoms with Crippen molar-refractivity contribution in [2.24, 2.45) is 5.92 Å². The van der Waals surface area contributed by atoms with Crippen LogP contribution in [0, 0.1) is 5.92 Å². The Bertz CT molecular complexity index is 277. The minimum atomic E-state index is -0.198. The highest BCUT2D eigenvalue weighted by Gasteiger charge is 2.38. The molecule has 3 unspecified atom stereocenters. The van der Waals surface area contributed by atoms with Gasteiger partial charge in [0.15, 0.2) is 0 Å². The van der Waals surface area contributed by atoms with Gasteiger partial charge < -0.3 is 20.1 Å². The molecule has 3 atom stereocenters. The van der Waals surface area contributed by atoms with E-state index in [-0.39, 0.29) is 23.4 Å². The van der Waals surface area contributed by atoms with Crippen molar-refractivity contribution in [3.8, 4) is 0 Å². The van der Waals surface area contributed by atoms with E-state index in [1.165, 1.54) is 0 Å². The molecular weight excluding hydrogens is 220 g/mol. The molecule has 17 heavy (non-hydrogen) atoms. The Kier molecular flexibility index (Phi) is 4.01. The molecule has 2 heterocycles. The van der Waals surface area contributed by atoms with Crippen molar-refractivity contribution in [3.05, 3.63) is 0 Å². The SMILES string of the molecule is CCNC1COCC1C(=O)NC1(C)CCOC1. The van der Waals surface area contributed by atoms with Crippen LogP contribution in [0.5, 0.6) is 0 Å². The van der Waals surface area contributed by atoms with Crippen molar-refractivity contribution in [1.82, 2.24) is 10.6 Å². The third-order valence-electron chi connectivity index (χ3n) is 3.53. The number of likely N-dealkylation sites (N-methyl/N-ethyl adjacent to an activating group) is 1. The first-order chi connectivity index (χ1) is 8.14. The lowest BCUT2D eigenvalue weighted by Gasteiger charge is -2.27. The molecule has 2 N–H and O–H groups in total. The number of ether oxygens (including phenoxy) is 2. The fourth-order valence-electron chi connectivity index (χ4n) is 2.43. The van der Waals surface area contributed by atoms with Crippen molar-refractivity contribution < 1.29 is 14.3 Å². The summed E-state index contributed by atoms with van der Waals surface area (Å²) in [5.74, 6) is 0.00817. The highest BCUT2D eigenvalue weighted by atomic mass is 16.5. The van der Waals surface area contributed by atoms with Gasteiger partial charge in [-0.15, -0.1) is 0 Å². The van der Waals surface area contributed by atoms with E-state index in [1.807, 2.05) is 13.8 Å². The molecule has 2 rings (SSSR count). The summed E-state index contributed by atoms with van der Waals surface area (Å²) < 4.78 is 10.7. The molecule has 2 fully saturated rings. The second kappa shape index (κ2) is 5.33. The molecule has 5 heteroatoms. The molecule has 5 nitrogen and oxygen atoms in total. The summed E-state index contributed by atoms with van der Waals surface area (Å²) in [5, 5.41) is 6.40. The monoisotopic (exact) mass is 242 g/mol. The first-order valence-electron chi connectivity index (χ1n) is 6.35. The summed E-state index contributed by atoms with van der Waals surface area (Å²) in [6, 6.07) is 0.144. The number of rotatable bonds is 4. The molecule has 98 valence electrons. The van der Waals surface area contributed by atoms with Gasteiger partial charge in [0, 0.05) is 12.6 Å². The Morgan fingerprint density at radius 3 is 2.88 bits per heavy atom. The lowest BCUT2D eigenvalue weighted by Crippen LogP contribution is -2.52. The first-order valence-corrected chi connectivity index (χ1v) is 6.35. The van der Waals surface area contributed by atoms with Gasteiger partial charge in [-0.3, -0.25) is 4.79 Å². The lowest BCUT2D eigenvalue weighted by atomic mass is 9.97. The highest BCUT2D eigenvalue weighted by Crippen LogP contribution is 2.20. The predicted octanol–water partition coefficient (Wildman–Crippen LogP) is -0.0939. The lowest BCUT2D eigenvalue weighted by molar-refractivity contribution is -0.127. The van der Waals surface area contributed by atoms with Crippen molar-refractivity contribution in [2.75, 3.05) is 33.0 Å². The molecule has 1 amide bonds. The van der Waals surface area contributed by atoms with Crippen LogP contribution in [0.1, 0.15) is 20.3 Å². The molecule has 0 radical (unpaired) electrons. The topological polar surface area (TPSA) is 59.6 Å². The number of nitrogens with one attached hydrogen (secondary N) is 2. The van der Waals surface area contributed by atoms with Gasteiger partial charge >= 0.3 is 0 Å². The second-order valence-corrected chi connectivity index (χ2v) is 5.16. The van der Waals surface area contributed by atoms with Crippen molar-refractivity contribution in [1.29, 1.82) is 0 Å². The van der Waals surface area contributed by atoms with E-state index in [1.54, 1.807) is 0 Å². The minimum absolute atomic E-state index is 0.0765. The van der Waals surface area contributed by atoms with Crippen LogP contribution in [0.4, 0.5) is 0 Å². The average molecular weight is 242 g/mol. The normalized spacial score (nSPS) is 37.3. The standard InChI is InChI=1S/C12H22N2O3/c1-3-13-10-7-17-6-9(10)11(15)14-12(2)4-5-16-8-12/h9-10,13H,3-8H2,1-2H3,(H,14,15). The van der Waals surface area contributed by atoms with Crippen LogP contribution in [-0.4, -0.2) is 50.5 Å². The fraction of sp³-hybridized carbons (Fsp3) is 0.917. The summed E-state index contributed by atoms with van der Waals surface area (Å²) >= 11 is 0. The predicted molar refractivity (Wildman–Crippen MR) is 63.8 cm³/mol. The zero-order valence-electron chi connectivity index (χ0n) is 10.6. The zero-order chi connectivity index (χ0) is 12.3. The van der Waals surface area contributed by atoms with Crippen molar-refractivity contribution in [3.63, 3.8) is 0 Å². The van der Waals surface area contributed by atoms with Gasteiger partial charge in [0.05, 0.1) is 31.3 Å². The average Bonchev–Trinajstić information content (AvgIpc) is 2.88. The Morgan fingerprint density at radius 2 is 2.24 bits per heavy atom. The molecule has 0 aliphatic carbocycles. The third-order valence-corrected chi connectivity index (χ3v) is 3.53. The molecule has 0 saturated carbocycles. The smallest absolute Gasteiger partial charge is 0.227 e. The summed E-state index contributed by atoms with van der Waals surface area (Å²) in [6.07, 6.45) is 0.887. The molecule has 0 bridgehead atoms. The Balaban J connectivity index is 1.90. The van der Waals surface area contributed by atoms with Crippen LogP contribution >= 0.6 is 0 Å². The number of hydrogen-bond acceptors (Lipinski definition) is 4. The second-order valence-electron chi connectivity index (χ2n) is 5.16. The maximum atomic E-state index is 12.2. The maximum absolute atomic E-state index is 12.2. The number of carbonyl (C=O) groups excluding carboxylic acids is 1. The Morgan fingerprint density at radius 1 is 1.41 bits per heavy atom. The fourth-order valence-corrected chi connectivity index (χ4v) is 2.43.